The van der Waals surface area contributed by atoms with Crippen LogP contribution in [0.25, 0.3) is 6.08 Å². The van der Waals surface area contributed by atoms with Crippen molar-refractivity contribution in [3.8, 4) is 0 Å². The van der Waals surface area contributed by atoms with Crippen molar-refractivity contribution in [3.05, 3.63) is 53.9 Å². The van der Waals surface area contributed by atoms with Crippen LogP contribution in [0.2, 0.25) is 0 Å². The molecule has 4 heteroatoms. The van der Waals surface area contributed by atoms with Gasteiger partial charge in [0.1, 0.15) is 0 Å². The van der Waals surface area contributed by atoms with Gasteiger partial charge in [0.05, 0.1) is 23.9 Å². The van der Waals surface area contributed by atoms with Crippen molar-refractivity contribution in [2.75, 3.05) is 6.54 Å². The van der Waals surface area contributed by atoms with E-state index in [2.05, 4.69) is 32.1 Å². The van der Waals surface area contributed by atoms with E-state index in [0.29, 0.717) is 0 Å². The molecule has 0 unspecified atom stereocenters. The quantitative estimate of drug-likeness (QED) is 0.873. The van der Waals surface area contributed by atoms with Crippen LogP contribution in [0.5, 0.6) is 0 Å². The number of H-pyrrole nitrogens is 1. The van der Waals surface area contributed by atoms with Crippen LogP contribution in [-0.2, 0) is 0 Å². The summed E-state index contributed by atoms with van der Waals surface area (Å²) in [7, 11) is 0. The maximum absolute atomic E-state index is 4.64. The van der Waals surface area contributed by atoms with Crippen LogP contribution < -0.4 is 0 Å². The Labute approximate surface area is 106 Å². The van der Waals surface area contributed by atoms with Gasteiger partial charge in [0, 0.05) is 24.5 Å². The lowest BCUT2D eigenvalue weighted by Crippen LogP contribution is -2.11. The molecule has 3 rings (SSSR count). The number of hydrogen-bond acceptors (Lipinski definition) is 3. The second kappa shape index (κ2) is 4.96. The van der Waals surface area contributed by atoms with E-state index in [0.717, 1.165) is 36.4 Å². The van der Waals surface area contributed by atoms with Crippen molar-refractivity contribution in [3.63, 3.8) is 0 Å². The molecule has 0 aliphatic carbocycles. The average Bonchev–Trinajstić information content (AvgIpc) is 2.93. The molecule has 18 heavy (non-hydrogen) atoms. The summed E-state index contributed by atoms with van der Waals surface area (Å²) in [5, 5.41) is 0. The van der Waals surface area contributed by atoms with Gasteiger partial charge < -0.3 is 4.98 Å². The molecule has 0 saturated heterocycles. The predicted octanol–water partition coefficient (Wildman–Crippen LogP) is 2.47. The zero-order valence-corrected chi connectivity index (χ0v) is 10.0. The topological polar surface area (TPSA) is 53.9 Å². The van der Waals surface area contributed by atoms with Gasteiger partial charge in [-0.1, -0.05) is 0 Å². The van der Waals surface area contributed by atoms with Crippen molar-refractivity contribution < 1.29 is 0 Å². The summed E-state index contributed by atoms with van der Waals surface area (Å²) in [4.78, 5) is 15.9. The number of hydrogen-bond donors (Lipinski definition) is 1. The average molecular weight is 238 g/mol. The lowest BCUT2D eigenvalue weighted by molar-refractivity contribution is 0.818. The van der Waals surface area contributed by atoms with Gasteiger partial charge in [-0.25, -0.2) is 4.98 Å². The highest BCUT2D eigenvalue weighted by atomic mass is 14.9. The summed E-state index contributed by atoms with van der Waals surface area (Å²) in [6, 6.07) is 4.00. The van der Waals surface area contributed by atoms with Crippen LogP contribution in [-0.4, -0.2) is 27.2 Å². The molecule has 0 spiro atoms. The number of imidazole rings is 1. The molecule has 0 atom stereocenters. The van der Waals surface area contributed by atoms with Gasteiger partial charge in [0.15, 0.2) is 0 Å². The first-order valence-electron chi connectivity index (χ1n) is 6.07. The van der Waals surface area contributed by atoms with Crippen LogP contribution in [0.3, 0.4) is 0 Å². The molecule has 2 aromatic heterocycles. The largest absolute Gasteiger partial charge is 0.345 e. The monoisotopic (exact) mass is 238 g/mol. The van der Waals surface area contributed by atoms with E-state index in [1.807, 2.05) is 18.5 Å². The number of rotatable bonds is 2. The zero-order valence-electron chi connectivity index (χ0n) is 10.0. The Hall–Kier alpha value is -2.23. The number of pyridine rings is 1. The molecule has 0 fully saturated rings. The number of aromatic nitrogens is 3. The third-order valence-electron chi connectivity index (χ3n) is 2.96. The van der Waals surface area contributed by atoms with Gasteiger partial charge in [-0.3, -0.25) is 9.98 Å². The van der Waals surface area contributed by atoms with E-state index in [1.165, 1.54) is 5.57 Å². The lowest BCUT2D eigenvalue weighted by Gasteiger charge is -2.15. The van der Waals surface area contributed by atoms with Crippen molar-refractivity contribution in [1.82, 2.24) is 15.0 Å². The highest BCUT2D eigenvalue weighted by Crippen LogP contribution is 2.20. The Morgan fingerprint density at radius 2 is 2.22 bits per heavy atom. The lowest BCUT2D eigenvalue weighted by atomic mass is 9.96. The molecule has 2 aromatic rings. The zero-order chi connectivity index (χ0) is 12.2. The van der Waals surface area contributed by atoms with E-state index in [-0.39, 0.29) is 0 Å². The first-order chi connectivity index (χ1) is 8.93. The summed E-state index contributed by atoms with van der Waals surface area (Å²) in [5.41, 5.74) is 4.41. The molecule has 1 aliphatic heterocycles. The highest BCUT2D eigenvalue weighted by Gasteiger charge is 2.14. The van der Waals surface area contributed by atoms with Gasteiger partial charge in [-0.2, -0.15) is 0 Å². The van der Waals surface area contributed by atoms with Crippen molar-refractivity contribution in [2.45, 2.75) is 12.8 Å². The van der Waals surface area contributed by atoms with E-state index < -0.39 is 0 Å². The molecule has 1 N–H and O–H groups in total. The Kier molecular flexibility index (Phi) is 3.00. The summed E-state index contributed by atoms with van der Waals surface area (Å²) in [6.45, 7) is 0.893. The SMILES string of the molecule is C(=C1/CCCN=C1c1cccnc1)/c1cnc[nH]1. The van der Waals surface area contributed by atoms with E-state index in [4.69, 9.17) is 0 Å². The molecule has 0 saturated carbocycles. The second-order valence-electron chi connectivity index (χ2n) is 4.25. The standard InChI is InChI=1S/C14H14N4/c1-4-12(8-15-5-1)14-11(3-2-6-17-14)7-13-9-16-10-18-13/h1,4-5,7-10H,2-3,6H2,(H,16,18)/b11-7+. The number of aliphatic imine (C=N–C) groups is 1. The third kappa shape index (κ3) is 2.22. The van der Waals surface area contributed by atoms with E-state index in [1.54, 1.807) is 12.5 Å². The van der Waals surface area contributed by atoms with Crippen LogP contribution in [0, 0.1) is 0 Å². The summed E-state index contributed by atoms with van der Waals surface area (Å²) in [6.07, 6.45) is 11.4. The molecule has 4 nitrogen and oxygen atoms in total. The fourth-order valence-electron chi connectivity index (χ4n) is 2.13. The van der Waals surface area contributed by atoms with Gasteiger partial charge >= 0.3 is 0 Å². The third-order valence-corrected chi connectivity index (χ3v) is 2.96. The molecule has 3 heterocycles. The molecular formula is C14H14N4. The summed E-state index contributed by atoms with van der Waals surface area (Å²) >= 11 is 0. The van der Waals surface area contributed by atoms with Crippen molar-refractivity contribution >= 4 is 11.8 Å². The minimum atomic E-state index is 0.893. The highest BCUT2D eigenvalue weighted by molar-refractivity contribution is 6.15. The van der Waals surface area contributed by atoms with Crippen molar-refractivity contribution in [1.29, 1.82) is 0 Å². The first kappa shape index (κ1) is 10.9. The van der Waals surface area contributed by atoms with Gasteiger partial charge in [0.25, 0.3) is 0 Å². The minimum absolute atomic E-state index is 0.893. The summed E-state index contributed by atoms with van der Waals surface area (Å²) in [5.74, 6) is 0. The maximum Gasteiger partial charge on any atom is 0.0924 e. The summed E-state index contributed by atoms with van der Waals surface area (Å²) < 4.78 is 0. The molecule has 0 radical (unpaired) electrons. The molecule has 1 aliphatic rings. The smallest absolute Gasteiger partial charge is 0.0924 e. The maximum atomic E-state index is 4.64. The van der Waals surface area contributed by atoms with Gasteiger partial charge in [-0.05, 0) is 36.6 Å². The fraction of sp³-hybridized carbons (Fsp3) is 0.214. The van der Waals surface area contributed by atoms with E-state index >= 15 is 0 Å². The minimum Gasteiger partial charge on any atom is -0.345 e. The Morgan fingerprint density at radius 1 is 1.22 bits per heavy atom. The molecule has 0 bridgehead atoms. The van der Waals surface area contributed by atoms with Crippen LogP contribution in [0.4, 0.5) is 0 Å². The van der Waals surface area contributed by atoms with Crippen LogP contribution in [0.1, 0.15) is 24.1 Å². The first-order valence-corrected chi connectivity index (χ1v) is 6.07. The van der Waals surface area contributed by atoms with Gasteiger partial charge in [-0.15, -0.1) is 0 Å². The fourth-order valence-corrected chi connectivity index (χ4v) is 2.13. The normalized spacial score (nSPS) is 17.8. The number of nitrogens with zero attached hydrogens (tertiary/aromatic N) is 3. The Balaban J connectivity index is 1.99. The molecule has 0 amide bonds. The second-order valence-corrected chi connectivity index (χ2v) is 4.25. The van der Waals surface area contributed by atoms with Crippen LogP contribution >= 0.6 is 0 Å². The Morgan fingerprint density at radius 3 is 3.00 bits per heavy atom. The number of allylic oxidation sites excluding steroid dienone is 1. The number of nitrogens with one attached hydrogen (secondary N) is 1. The molecule has 0 aromatic carbocycles. The molecular weight excluding hydrogens is 224 g/mol. The van der Waals surface area contributed by atoms with E-state index in [9.17, 15) is 0 Å². The van der Waals surface area contributed by atoms with Crippen molar-refractivity contribution in [2.24, 2.45) is 4.99 Å². The van der Waals surface area contributed by atoms with Crippen LogP contribution in [0.15, 0.2) is 47.6 Å². The predicted molar refractivity (Wildman–Crippen MR) is 71.4 cm³/mol. The molecule has 90 valence electrons. The number of aromatic amines is 1. The van der Waals surface area contributed by atoms with Gasteiger partial charge in [0.2, 0.25) is 0 Å². The Bertz CT molecular complexity index is 567.